The molecule has 1 fully saturated rings. The summed E-state index contributed by atoms with van der Waals surface area (Å²) < 4.78 is 125. The first-order chi connectivity index (χ1) is 21.5. The summed E-state index contributed by atoms with van der Waals surface area (Å²) in [6, 6.07) is 5.72. The van der Waals surface area contributed by atoms with Gasteiger partial charge >= 0.3 is 30.3 Å². The van der Waals surface area contributed by atoms with Crippen molar-refractivity contribution in [2.24, 2.45) is 0 Å². The maximum Gasteiger partial charge on any atom is 0.493 e. The van der Waals surface area contributed by atoms with Gasteiger partial charge in [0.15, 0.2) is 5.13 Å². The van der Waals surface area contributed by atoms with Gasteiger partial charge in [-0.1, -0.05) is 39.8 Å². The summed E-state index contributed by atoms with van der Waals surface area (Å²) in [7, 11) is 0. The van der Waals surface area contributed by atoms with Crippen LogP contribution in [0.4, 0.5) is 44.6 Å². The van der Waals surface area contributed by atoms with Crippen LogP contribution in [0.15, 0.2) is 45.7 Å². The van der Waals surface area contributed by atoms with Gasteiger partial charge in [0.05, 0.1) is 21.3 Å². The van der Waals surface area contributed by atoms with Crippen molar-refractivity contribution in [1.29, 1.82) is 0 Å². The van der Waals surface area contributed by atoms with E-state index in [0.29, 0.717) is 12.6 Å². The van der Waals surface area contributed by atoms with Gasteiger partial charge in [-0.2, -0.15) is 39.5 Å². The molecule has 0 aliphatic carbocycles. The number of piperidine rings is 1. The number of thiazole rings is 1. The lowest BCUT2D eigenvalue weighted by Gasteiger charge is -2.30. The molecule has 1 aliphatic heterocycles. The predicted molar refractivity (Wildman–Crippen MR) is 145 cm³/mol. The molecule has 0 radical (unpaired) electrons. The van der Waals surface area contributed by atoms with E-state index in [0.717, 1.165) is 61.9 Å². The van der Waals surface area contributed by atoms with Crippen LogP contribution in [0.3, 0.4) is 0 Å². The minimum absolute atomic E-state index is 0.0367. The van der Waals surface area contributed by atoms with Crippen molar-refractivity contribution >= 4 is 32.7 Å². The first-order valence-corrected chi connectivity index (χ1v) is 14.4. The minimum atomic E-state index is -5.59. The van der Waals surface area contributed by atoms with E-state index in [2.05, 4.69) is 24.4 Å². The lowest BCUT2D eigenvalue weighted by atomic mass is 10.0. The second-order valence-electron chi connectivity index (χ2n) is 10.3. The number of fused-ring (bicyclic) bond motifs is 1. The summed E-state index contributed by atoms with van der Waals surface area (Å²) in [6.45, 7) is 2.15. The molecule has 0 spiro atoms. The Morgan fingerprint density at radius 1 is 0.957 bits per heavy atom. The van der Waals surface area contributed by atoms with Crippen molar-refractivity contribution in [3.63, 3.8) is 0 Å². The fourth-order valence-electron chi connectivity index (χ4n) is 4.87. The number of benzene rings is 2. The standard InChI is InChI=1S/C27H22F9N5O4S/c28-25(29,30)16-5-7-19-20(13-16)46-23(37-19)40(11-10-39-8-2-1-3-9-39)14-15-4-6-17(18(12-15)26(31,32)33)21-38-44-24(43)41(21)45-22(42)27(34,35)36/h4-7,12-13H,1-3,8-11,14H2. The third kappa shape index (κ3) is 7.46. The molecule has 1 aliphatic rings. The molecule has 1 saturated heterocycles. The van der Waals surface area contributed by atoms with Crippen molar-refractivity contribution in [1.82, 2.24) is 19.8 Å². The number of aromatic nitrogens is 3. The van der Waals surface area contributed by atoms with Crippen LogP contribution in [0, 0.1) is 0 Å². The van der Waals surface area contributed by atoms with E-state index >= 15 is 0 Å². The summed E-state index contributed by atoms with van der Waals surface area (Å²) in [6.07, 6.45) is -12.3. The highest BCUT2D eigenvalue weighted by Gasteiger charge is 2.43. The summed E-state index contributed by atoms with van der Waals surface area (Å²) in [5.74, 6) is -5.82. The Morgan fingerprint density at radius 2 is 1.67 bits per heavy atom. The highest BCUT2D eigenvalue weighted by atomic mass is 32.1. The Bertz CT molecular complexity index is 1770. The molecule has 0 amide bonds. The van der Waals surface area contributed by atoms with E-state index < -0.39 is 57.5 Å². The number of halogens is 9. The lowest BCUT2D eigenvalue weighted by Crippen LogP contribution is -2.37. The number of anilines is 1. The Hall–Kier alpha value is -4.13. The molecule has 248 valence electrons. The molecular formula is C27H22F9N5O4S. The first kappa shape index (κ1) is 33.2. The maximum atomic E-state index is 14.3. The largest absolute Gasteiger partial charge is 0.493 e. The van der Waals surface area contributed by atoms with Crippen LogP contribution in [0.25, 0.3) is 21.6 Å². The van der Waals surface area contributed by atoms with Crippen LogP contribution in [0.1, 0.15) is 36.0 Å². The second kappa shape index (κ2) is 12.6. The first-order valence-electron chi connectivity index (χ1n) is 13.5. The quantitative estimate of drug-likeness (QED) is 0.204. The van der Waals surface area contributed by atoms with Gasteiger partial charge in [0.2, 0.25) is 5.82 Å². The number of carbonyl (C=O) groups excluding carboxylic acids is 1. The van der Waals surface area contributed by atoms with Gasteiger partial charge in [0.1, 0.15) is 0 Å². The van der Waals surface area contributed by atoms with E-state index in [9.17, 15) is 49.1 Å². The predicted octanol–water partition coefficient (Wildman–Crippen LogP) is 6.16. The molecule has 0 atom stereocenters. The van der Waals surface area contributed by atoms with Crippen molar-refractivity contribution in [3.05, 3.63) is 63.6 Å². The Balaban J connectivity index is 1.51. The molecule has 0 unspecified atom stereocenters. The Morgan fingerprint density at radius 3 is 2.33 bits per heavy atom. The van der Waals surface area contributed by atoms with Crippen molar-refractivity contribution in [2.45, 2.75) is 44.3 Å². The summed E-state index contributed by atoms with van der Waals surface area (Å²) in [5, 5.41) is 3.35. The molecule has 4 aromatic rings. The lowest BCUT2D eigenvalue weighted by molar-refractivity contribution is -0.200. The summed E-state index contributed by atoms with van der Waals surface area (Å²) >= 11 is 0.937. The van der Waals surface area contributed by atoms with E-state index in [1.165, 1.54) is 12.1 Å². The van der Waals surface area contributed by atoms with Gasteiger partial charge < -0.3 is 14.6 Å². The van der Waals surface area contributed by atoms with Gasteiger partial charge in [-0.3, -0.25) is 4.52 Å². The number of hydrogen-bond donors (Lipinski definition) is 0. The molecule has 5 rings (SSSR count). The molecule has 2 aromatic heterocycles. The highest BCUT2D eigenvalue weighted by molar-refractivity contribution is 7.22. The number of alkyl halides is 9. The minimum Gasteiger partial charge on any atom is -0.342 e. The smallest absolute Gasteiger partial charge is 0.342 e. The summed E-state index contributed by atoms with van der Waals surface area (Å²) in [5.41, 5.74) is -2.94. The summed E-state index contributed by atoms with van der Waals surface area (Å²) in [4.78, 5) is 35.3. The molecule has 0 bridgehead atoms. The molecule has 0 N–H and O–H groups in total. The molecule has 2 aromatic carbocycles. The van der Waals surface area contributed by atoms with Crippen LogP contribution in [-0.4, -0.2) is 58.1 Å². The molecule has 0 saturated carbocycles. The monoisotopic (exact) mass is 683 g/mol. The van der Waals surface area contributed by atoms with Gasteiger partial charge in [-0.05, 0) is 55.8 Å². The van der Waals surface area contributed by atoms with Crippen LogP contribution in [0.5, 0.6) is 0 Å². The SMILES string of the molecule is O=C(On1c(-c2ccc(CN(CCN3CCCCC3)c3nc4ccc(C(F)(F)F)cc4s3)cc2C(F)(F)F)noc1=O)C(F)(F)F. The molecule has 19 heteroatoms. The topological polar surface area (TPSA) is 93.7 Å². The van der Waals surface area contributed by atoms with Crippen LogP contribution >= 0.6 is 11.3 Å². The third-order valence-corrected chi connectivity index (χ3v) is 8.17. The number of hydrogen-bond acceptors (Lipinski definition) is 9. The zero-order valence-electron chi connectivity index (χ0n) is 23.3. The van der Waals surface area contributed by atoms with Crippen molar-refractivity contribution in [2.75, 3.05) is 31.1 Å². The number of likely N-dealkylation sites (tertiary alicyclic amines) is 1. The van der Waals surface area contributed by atoms with Gasteiger partial charge in [0.25, 0.3) is 0 Å². The number of carbonyl (C=O) groups is 1. The molecule has 3 heterocycles. The van der Waals surface area contributed by atoms with Gasteiger partial charge in [0, 0.05) is 25.2 Å². The number of nitrogens with zero attached hydrogens (tertiary/aromatic N) is 5. The van der Waals surface area contributed by atoms with Crippen LogP contribution < -0.4 is 15.5 Å². The third-order valence-electron chi connectivity index (χ3n) is 7.09. The average Bonchev–Trinajstić information content (AvgIpc) is 3.57. The highest BCUT2D eigenvalue weighted by Crippen LogP contribution is 2.39. The molecular weight excluding hydrogens is 661 g/mol. The van der Waals surface area contributed by atoms with E-state index in [1.807, 2.05) is 0 Å². The van der Waals surface area contributed by atoms with E-state index in [1.54, 1.807) is 4.90 Å². The average molecular weight is 684 g/mol. The van der Waals surface area contributed by atoms with Crippen molar-refractivity contribution in [3.8, 4) is 11.4 Å². The van der Waals surface area contributed by atoms with E-state index in [-0.39, 0.29) is 34.0 Å². The van der Waals surface area contributed by atoms with Crippen LogP contribution in [-0.2, 0) is 23.7 Å². The molecule has 46 heavy (non-hydrogen) atoms. The maximum absolute atomic E-state index is 14.3. The zero-order valence-corrected chi connectivity index (χ0v) is 24.1. The Labute approximate surface area is 256 Å². The van der Waals surface area contributed by atoms with Crippen LogP contribution in [0.2, 0.25) is 0 Å². The number of rotatable bonds is 8. The Kier molecular flexibility index (Phi) is 9.09. The normalized spacial score (nSPS) is 15.0. The van der Waals surface area contributed by atoms with Gasteiger partial charge in [-0.15, -0.1) is 0 Å². The zero-order chi connectivity index (χ0) is 33.4. The second-order valence-corrected chi connectivity index (χ2v) is 11.3. The van der Waals surface area contributed by atoms with Gasteiger partial charge in [-0.25, -0.2) is 14.6 Å². The fourth-order valence-corrected chi connectivity index (χ4v) is 5.90. The fraction of sp³-hybridized carbons (Fsp3) is 0.407. The van der Waals surface area contributed by atoms with E-state index in [4.69, 9.17) is 0 Å². The van der Waals surface area contributed by atoms with Crippen molar-refractivity contribution < 1.29 is 53.7 Å². The molecule has 9 nitrogen and oxygen atoms in total.